The zero-order valence-electron chi connectivity index (χ0n) is 27.1. The van der Waals surface area contributed by atoms with Crippen molar-refractivity contribution in [1.29, 1.82) is 0 Å². The summed E-state index contributed by atoms with van der Waals surface area (Å²) in [6, 6.07) is 17.3. The van der Waals surface area contributed by atoms with Gasteiger partial charge in [0.05, 0.1) is 56.8 Å². The third-order valence-corrected chi connectivity index (χ3v) is 6.14. The summed E-state index contributed by atoms with van der Waals surface area (Å²) in [6.45, 7) is 6.27. The number of ether oxygens (including phenoxy) is 3. The first kappa shape index (κ1) is 44.2. The van der Waals surface area contributed by atoms with Crippen LogP contribution in [-0.4, -0.2) is 56.3 Å². The lowest BCUT2D eigenvalue weighted by atomic mass is 9.80. The van der Waals surface area contributed by atoms with Crippen molar-refractivity contribution in [2.45, 2.75) is 84.7 Å². The molecule has 272 valence electrons. The number of hydrogen-bond acceptors (Lipinski definition) is 6. The quantitative estimate of drug-likeness (QED) is 0.118. The Labute approximate surface area is 273 Å². The minimum Gasteiger partial charge on any atom is -0.466 e. The van der Waals surface area contributed by atoms with Crippen LogP contribution in [0.1, 0.15) is 64.5 Å². The molecule has 0 saturated carbocycles. The second kappa shape index (κ2) is 21.2. The predicted molar refractivity (Wildman–Crippen MR) is 158 cm³/mol. The first-order valence-electron chi connectivity index (χ1n) is 14.9. The van der Waals surface area contributed by atoms with E-state index in [4.69, 9.17) is 4.74 Å². The van der Waals surface area contributed by atoms with Crippen LogP contribution in [0.4, 0.5) is 39.5 Å². The molecule has 2 atom stereocenters. The van der Waals surface area contributed by atoms with E-state index in [9.17, 15) is 53.9 Å². The zero-order valence-corrected chi connectivity index (χ0v) is 27.1. The van der Waals surface area contributed by atoms with Gasteiger partial charge < -0.3 is 14.2 Å². The Balaban J connectivity index is 0.000000717. The first-order chi connectivity index (χ1) is 22.1. The SMILES string of the molecule is CCOC(=O)C(C)(Cc1ccccc1)CC(F)(F)F.CCOC(=O)C(Cc1ccccc1)CC(F)(F)F.CCOC(=O)CCC(F)(F)F. The average Bonchev–Trinajstić information content (AvgIpc) is 2.96. The monoisotopic (exact) mass is 704 g/mol. The number of esters is 3. The number of halogens is 9. The topological polar surface area (TPSA) is 78.9 Å². The molecule has 0 aliphatic heterocycles. The molecule has 0 bridgehead atoms. The van der Waals surface area contributed by atoms with Gasteiger partial charge in [0.1, 0.15) is 0 Å². The summed E-state index contributed by atoms with van der Waals surface area (Å²) in [6.07, 6.45) is -17.0. The number of carbonyl (C=O) groups excluding carboxylic acids is 3. The second-order valence-corrected chi connectivity index (χ2v) is 10.6. The lowest BCUT2D eigenvalue weighted by Crippen LogP contribution is -2.36. The molecule has 48 heavy (non-hydrogen) atoms. The molecule has 2 aromatic carbocycles. The highest BCUT2D eigenvalue weighted by atomic mass is 19.4. The lowest BCUT2D eigenvalue weighted by Gasteiger charge is -2.28. The lowest BCUT2D eigenvalue weighted by molar-refractivity contribution is -0.180. The van der Waals surface area contributed by atoms with Crippen LogP contribution in [0.3, 0.4) is 0 Å². The predicted octanol–water partition coefficient (Wildman–Crippen LogP) is 9.00. The van der Waals surface area contributed by atoms with E-state index in [2.05, 4.69) is 9.47 Å². The largest absolute Gasteiger partial charge is 0.466 e. The van der Waals surface area contributed by atoms with Crippen molar-refractivity contribution in [2.24, 2.45) is 11.3 Å². The standard InChI is InChI=1S/C14H17F3O2.C13H15F3O2.C6H9F3O2/c1-3-19-12(18)13(2,10-14(15,16)17)9-11-7-5-4-6-8-11;1-2-18-12(17)11(9-13(14,15)16)8-10-6-4-3-5-7-10;1-2-11-5(10)3-4-6(7,8)9/h4-8H,3,9-10H2,1-2H3;3-7,11H,2,8-9H2,1H3;2-4H2,1H3. The molecule has 0 amide bonds. The molecule has 0 saturated heterocycles. The highest BCUT2D eigenvalue weighted by molar-refractivity contribution is 5.77. The highest BCUT2D eigenvalue weighted by Crippen LogP contribution is 2.37. The molecule has 2 aromatic rings. The van der Waals surface area contributed by atoms with E-state index in [1.807, 2.05) is 0 Å². The second-order valence-electron chi connectivity index (χ2n) is 10.6. The summed E-state index contributed by atoms with van der Waals surface area (Å²) in [5, 5.41) is 0. The third kappa shape index (κ3) is 21.9. The Morgan fingerprint density at radius 3 is 1.54 bits per heavy atom. The fourth-order valence-corrected chi connectivity index (χ4v) is 4.15. The first-order valence-corrected chi connectivity index (χ1v) is 14.9. The molecule has 0 aliphatic carbocycles. The number of rotatable bonds is 13. The van der Waals surface area contributed by atoms with Gasteiger partial charge in [-0.2, -0.15) is 39.5 Å². The van der Waals surface area contributed by atoms with E-state index < -0.39 is 73.5 Å². The summed E-state index contributed by atoms with van der Waals surface area (Å²) in [5.74, 6) is -3.58. The van der Waals surface area contributed by atoms with Crippen molar-refractivity contribution in [3.63, 3.8) is 0 Å². The molecule has 0 fully saturated rings. The van der Waals surface area contributed by atoms with E-state index in [0.29, 0.717) is 11.1 Å². The maximum absolute atomic E-state index is 12.6. The molecule has 0 N–H and O–H groups in total. The van der Waals surface area contributed by atoms with Gasteiger partial charge in [-0.15, -0.1) is 0 Å². The van der Waals surface area contributed by atoms with E-state index in [0.717, 1.165) is 0 Å². The van der Waals surface area contributed by atoms with Gasteiger partial charge in [0, 0.05) is 0 Å². The summed E-state index contributed by atoms with van der Waals surface area (Å²) in [7, 11) is 0. The van der Waals surface area contributed by atoms with Crippen LogP contribution in [0.15, 0.2) is 60.7 Å². The van der Waals surface area contributed by atoms with Crippen LogP contribution in [0.25, 0.3) is 0 Å². The van der Waals surface area contributed by atoms with Crippen LogP contribution in [0, 0.1) is 11.3 Å². The summed E-state index contributed by atoms with van der Waals surface area (Å²) in [5.41, 5.74) is -0.211. The average molecular weight is 705 g/mol. The van der Waals surface area contributed by atoms with E-state index >= 15 is 0 Å². The molecule has 15 heteroatoms. The molecule has 0 aliphatic rings. The molecule has 0 radical (unpaired) electrons. The summed E-state index contributed by atoms with van der Waals surface area (Å²) in [4.78, 5) is 33.7. The van der Waals surface area contributed by atoms with Crippen molar-refractivity contribution in [3.05, 3.63) is 71.8 Å². The molecule has 6 nitrogen and oxygen atoms in total. The number of alkyl halides is 9. The van der Waals surface area contributed by atoms with E-state index in [-0.39, 0.29) is 32.7 Å². The van der Waals surface area contributed by atoms with Crippen molar-refractivity contribution >= 4 is 17.9 Å². The van der Waals surface area contributed by atoms with Gasteiger partial charge in [0.25, 0.3) is 0 Å². The van der Waals surface area contributed by atoms with Crippen molar-refractivity contribution in [1.82, 2.24) is 0 Å². The minimum absolute atomic E-state index is 0.00613. The summed E-state index contributed by atoms with van der Waals surface area (Å²) >= 11 is 0. The van der Waals surface area contributed by atoms with Gasteiger partial charge in [-0.1, -0.05) is 60.7 Å². The van der Waals surface area contributed by atoms with Crippen molar-refractivity contribution < 1.29 is 68.1 Å². The van der Waals surface area contributed by atoms with Crippen LogP contribution in [0.5, 0.6) is 0 Å². The molecular weight excluding hydrogens is 663 g/mol. The van der Waals surface area contributed by atoms with Crippen molar-refractivity contribution in [3.8, 4) is 0 Å². The van der Waals surface area contributed by atoms with E-state index in [1.54, 1.807) is 81.4 Å². The Morgan fingerprint density at radius 1 is 0.646 bits per heavy atom. The van der Waals surface area contributed by atoms with Crippen LogP contribution >= 0.6 is 0 Å². The smallest absolute Gasteiger partial charge is 0.390 e. The molecule has 0 spiro atoms. The van der Waals surface area contributed by atoms with Gasteiger partial charge in [-0.3, -0.25) is 14.4 Å². The maximum Gasteiger partial charge on any atom is 0.390 e. The van der Waals surface area contributed by atoms with Crippen LogP contribution < -0.4 is 0 Å². The van der Waals surface area contributed by atoms with Crippen LogP contribution in [0.2, 0.25) is 0 Å². The molecule has 2 unspecified atom stereocenters. The highest BCUT2D eigenvalue weighted by Gasteiger charge is 2.45. The van der Waals surface area contributed by atoms with Gasteiger partial charge in [0.15, 0.2) is 0 Å². The van der Waals surface area contributed by atoms with Crippen LogP contribution in [-0.2, 0) is 41.4 Å². The van der Waals surface area contributed by atoms with Gasteiger partial charge in [0.2, 0.25) is 0 Å². The van der Waals surface area contributed by atoms with Gasteiger partial charge in [-0.05, 0) is 51.7 Å². The Morgan fingerprint density at radius 2 is 1.12 bits per heavy atom. The minimum atomic E-state index is -4.41. The molecule has 0 heterocycles. The van der Waals surface area contributed by atoms with Gasteiger partial charge in [-0.25, -0.2) is 0 Å². The fourth-order valence-electron chi connectivity index (χ4n) is 4.15. The maximum atomic E-state index is 12.6. The Kier molecular flexibility index (Phi) is 19.6. The zero-order chi connectivity index (χ0) is 37.0. The third-order valence-electron chi connectivity index (χ3n) is 6.14. The van der Waals surface area contributed by atoms with Crippen molar-refractivity contribution in [2.75, 3.05) is 19.8 Å². The Hall–Kier alpha value is -3.78. The van der Waals surface area contributed by atoms with E-state index in [1.165, 1.54) is 6.92 Å². The number of hydrogen-bond donors (Lipinski definition) is 0. The normalized spacial score (nSPS) is 13.4. The molecule has 2 rings (SSSR count). The van der Waals surface area contributed by atoms with Gasteiger partial charge >= 0.3 is 36.4 Å². The fraction of sp³-hybridized carbons (Fsp3) is 0.545. The Bertz CT molecular complexity index is 1200. The molecular formula is C33H41F9O6. The number of benzene rings is 2. The number of carbonyl (C=O) groups is 3. The molecule has 0 aromatic heterocycles. The summed E-state index contributed by atoms with van der Waals surface area (Å²) < 4.78 is 123.